The first-order valence-corrected chi connectivity index (χ1v) is 7.06. The smallest absolute Gasteiger partial charge is 0.287 e. The zero-order chi connectivity index (χ0) is 14.8. The lowest BCUT2D eigenvalue weighted by molar-refractivity contribution is 0.0869. The molecule has 0 aliphatic rings. The fourth-order valence-electron chi connectivity index (χ4n) is 2.34. The molecule has 1 heterocycles. The SMILES string of the molecule is CCC(CC)(CN)NC(=O)c1cc2cc(C)ccc2o1.Cl. The van der Waals surface area contributed by atoms with Crippen molar-refractivity contribution in [1.29, 1.82) is 0 Å². The van der Waals surface area contributed by atoms with E-state index in [1.54, 1.807) is 6.07 Å². The van der Waals surface area contributed by atoms with Crippen LogP contribution >= 0.6 is 12.4 Å². The Morgan fingerprint density at radius 2 is 1.95 bits per heavy atom. The number of fused-ring (bicyclic) bond motifs is 1. The minimum atomic E-state index is -0.355. The Morgan fingerprint density at radius 3 is 2.52 bits per heavy atom. The topological polar surface area (TPSA) is 68.3 Å². The Labute approximate surface area is 131 Å². The lowest BCUT2D eigenvalue weighted by Crippen LogP contribution is -2.52. The summed E-state index contributed by atoms with van der Waals surface area (Å²) in [5, 5.41) is 3.96. The Kier molecular flexibility index (Phi) is 5.81. The molecule has 0 atom stereocenters. The number of carbonyl (C=O) groups excluding carboxylic acids is 1. The third kappa shape index (κ3) is 3.57. The first-order chi connectivity index (χ1) is 9.53. The van der Waals surface area contributed by atoms with Crippen molar-refractivity contribution in [2.75, 3.05) is 6.54 Å². The van der Waals surface area contributed by atoms with Crippen molar-refractivity contribution in [2.45, 2.75) is 39.2 Å². The van der Waals surface area contributed by atoms with Gasteiger partial charge in [0.05, 0.1) is 5.54 Å². The summed E-state index contributed by atoms with van der Waals surface area (Å²) in [7, 11) is 0. The van der Waals surface area contributed by atoms with Crippen LogP contribution in [0, 0.1) is 6.92 Å². The number of aryl methyl sites for hydroxylation is 1. The third-order valence-electron chi connectivity index (χ3n) is 4.02. The van der Waals surface area contributed by atoms with Crippen molar-refractivity contribution in [2.24, 2.45) is 5.73 Å². The van der Waals surface area contributed by atoms with E-state index in [4.69, 9.17) is 10.2 Å². The number of amides is 1. The Morgan fingerprint density at radius 1 is 1.29 bits per heavy atom. The van der Waals surface area contributed by atoms with Crippen LogP contribution < -0.4 is 11.1 Å². The second-order valence-corrected chi connectivity index (χ2v) is 5.30. The average molecular weight is 311 g/mol. The molecule has 0 aliphatic carbocycles. The maximum absolute atomic E-state index is 12.3. The van der Waals surface area contributed by atoms with Crippen molar-refractivity contribution >= 4 is 29.3 Å². The van der Waals surface area contributed by atoms with Gasteiger partial charge in [0.1, 0.15) is 5.58 Å². The third-order valence-corrected chi connectivity index (χ3v) is 4.02. The monoisotopic (exact) mass is 310 g/mol. The number of nitrogens with two attached hydrogens (primary N) is 1. The van der Waals surface area contributed by atoms with Crippen molar-refractivity contribution in [3.8, 4) is 0 Å². The van der Waals surface area contributed by atoms with Gasteiger partial charge in [-0.3, -0.25) is 4.79 Å². The predicted octanol–water partition coefficient (Wildman–Crippen LogP) is 3.41. The number of benzene rings is 1. The molecular weight excluding hydrogens is 288 g/mol. The van der Waals surface area contributed by atoms with Crippen LogP contribution in [-0.2, 0) is 0 Å². The molecule has 2 aromatic rings. The van der Waals surface area contributed by atoms with Gasteiger partial charge in [0.25, 0.3) is 5.91 Å². The van der Waals surface area contributed by atoms with E-state index in [1.807, 2.05) is 39.0 Å². The molecule has 0 unspecified atom stereocenters. The highest BCUT2D eigenvalue weighted by Crippen LogP contribution is 2.22. The summed E-state index contributed by atoms with van der Waals surface area (Å²) < 4.78 is 5.61. The first-order valence-electron chi connectivity index (χ1n) is 7.06. The number of furan rings is 1. The summed E-state index contributed by atoms with van der Waals surface area (Å²) >= 11 is 0. The van der Waals surface area contributed by atoms with E-state index in [9.17, 15) is 4.79 Å². The molecule has 0 spiro atoms. The Hall–Kier alpha value is -1.52. The van der Waals surface area contributed by atoms with Crippen LogP contribution in [0.15, 0.2) is 28.7 Å². The summed E-state index contributed by atoms with van der Waals surface area (Å²) in [5.74, 6) is 0.137. The predicted molar refractivity (Wildman–Crippen MR) is 88.0 cm³/mol. The minimum absolute atomic E-state index is 0. The van der Waals surface area contributed by atoms with E-state index in [2.05, 4.69) is 5.32 Å². The van der Waals surface area contributed by atoms with E-state index in [-0.39, 0.29) is 23.9 Å². The maximum atomic E-state index is 12.3. The van der Waals surface area contributed by atoms with E-state index >= 15 is 0 Å². The van der Waals surface area contributed by atoms with Gasteiger partial charge < -0.3 is 15.5 Å². The van der Waals surface area contributed by atoms with Gasteiger partial charge in [-0.15, -0.1) is 12.4 Å². The zero-order valence-corrected chi connectivity index (χ0v) is 13.5. The van der Waals surface area contributed by atoms with Gasteiger partial charge >= 0.3 is 0 Å². The Bertz CT molecular complexity index is 609. The molecule has 0 fully saturated rings. The van der Waals surface area contributed by atoms with Crippen LogP contribution in [0.1, 0.15) is 42.8 Å². The van der Waals surface area contributed by atoms with Gasteiger partial charge in [-0.2, -0.15) is 0 Å². The molecule has 116 valence electrons. The summed E-state index contributed by atoms with van der Waals surface area (Å²) in [6.45, 7) is 6.49. The fraction of sp³-hybridized carbons (Fsp3) is 0.438. The van der Waals surface area contributed by atoms with Crippen LogP contribution in [-0.4, -0.2) is 18.0 Å². The van der Waals surface area contributed by atoms with Crippen molar-refractivity contribution in [1.82, 2.24) is 5.32 Å². The number of rotatable bonds is 5. The average Bonchev–Trinajstić information content (AvgIpc) is 2.88. The number of nitrogens with one attached hydrogen (secondary N) is 1. The quantitative estimate of drug-likeness (QED) is 0.889. The second-order valence-electron chi connectivity index (χ2n) is 5.30. The highest BCUT2D eigenvalue weighted by Gasteiger charge is 2.28. The molecule has 3 N–H and O–H groups in total. The van der Waals surface area contributed by atoms with Crippen LogP contribution in [0.5, 0.6) is 0 Å². The molecular formula is C16H23ClN2O2. The van der Waals surface area contributed by atoms with Crippen LogP contribution in [0.25, 0.3) is 11.0 Å². The minimum Gasteiger partial charge on any atom is -0.451 e. The van der Waals surface area contributed by atoms with E-state index in [0.717, 1.165) is 29.4 Å². The van der Waals surface area contributed by atoms with Gasteiger partial charge in [0, 0.05) is 11.9 Å². The van der Waals surface area contributed by atoms with E-state index in [1.165, 1.54) is 0 Å². The first kappa shape index (κ1) is 17.5. The van der Waals surface area contributed by atoms with Crippen molar-refractivity contribution < 1.29 is 9.21 Å². The van der Waals surface area contributed by atoms with Crippen molar-refractivity contribution in [3.63, 3.8) is 0 Å². The second kappa shape index (κ2) is 6.96. The molecule has 1 aromatic carbocycles. The molecule has 0 saturated carbocycles. The van der Waals surface area contributed by atoms with Gasteiger partial charge in [-0.05, 0) is 38.0 Å². The highest BCUT2D eigenvalue weighted by molar-refractivity contribution is 5.96. The fourth-order valence-corrected chi connectivity index (χ4v) is 2.34. The normalized spacial score (nSPS) is 11.2. The summed E-state index contributed by atoms with van der Waals surface area (Å²) in [6, 6.07) is 7.64. The lowest BCUT2D eigenvalue weighted by atomic mass is 9.93. The van der Waals surface area contributed by atoms with Crippen molar-refractivity contribution in [3.05, 3.63) is 35.6 Å². The standard InChI is InChI=1S/C16H22N2O2.ClH/c1-4-16(5-2,10-17)18-15(19)14-9-12-8-11(3)6-7-13(12)20-14;/h6-9H,4-5,10,17H2,1-3H3,(H,18,19);1H. The maximum Gasteiger partial charge on any atom is 0.287 e. The summed E-state index contributed by atoms with van der Waals surface area (Å²) in [5.41, 5.74) is 7.32. The molecule has 2 rings (SSSR count). The van der Waals surface area contributed by atoms with Gasteiger partial charge in [-0.1, -0.05) is 25.5 Å². The molecule has 1 amide bonds. The molecule has 0 radical (unpaired) electrons. The molecule has 21 heavy (non-hydrogen) atoms. The molecule has 5 heteroatoms. The van der Waals surface area contributed by atoms with Crippen LogP contribution in [0.3, 0.4) is 0 Å². The van der Waals surface area contributed by atoms with Gasteiger partial charge in [-0.25, -0.2) is 0 Å². The largest absolute Gasteiger partial charge is 0.451 e. The zero-order valence-electron chi connectivity index (χ0n) is 12.7. The number of hydrogen-bond donors (Lipinski definition) is 2. The number of carbonyl (C=O) groups is 1. The number of halogens is 1. The lowest BCUT2D eigenvalue weighted by Gasteiger charge is -2.30. The van der Waals surface area contributed by atoms with E-state index < -0.39 is 0 Å². The summed E-state index contributed by atoms with van der Waals surface area (Å²) in [4.78, 5) is 12.3. The van der Waals surface area contributed by atoms with Gasteiger partial charge in [0.15, 0.2) is 5.76 Å². The van der Waals surface area contributed by atoms with Crippen LogP contribution in [0.4, 0.5) is 0 Å². The summed E-state index contributed by atoms with van der Waals surface area (Å²) in [6.07, 6.45) is 1.59. The molecule has 0 saturated heterocycles. The molecule has 0 aliphatic heterocycles. The van der Waals surface area contributed by atoms with Crippen LogP contribution in [0.2, 0.25) is 0 Å². The van der Waals surface area contributed by atoms with Gasteiger partial charge in [0.2, 0.25) is 0 Å². The molecule has 0 bridgehead atoms. The highest BCUT2D eigenvalue weighted by atomic mass is 35.5. The Balaban J connectivity index is 0.00000220. The van der Waals surface area contributed by atoms with E-state index in [0.29, 0.717) is 12.3 Å². The molecule has 4 nitrogen and oxygen atoms in total. The molecule has 1 aromatic heterocycles. The number of hydrogen-bond acceptors (Lipinski definition) is 3.